The topological polar surface area (TPSA) is 75.6 Å². The number of Topliss-reactive ketones (excluding diaryl/α,β-unsaturated/α-hetero) is 1. The van der Waals surface area contributed by atoms with Gasteiger partial charge in [-0.3, -0.25) is 4.79 Å². The van der Waals surface area contributed by atoms with E-state index >= 15 is 0 Å². The third-order valence-electron chi connectivity index (χ3n) is 3.43. The van der Waals surface area contributed by atoms with Crippen molar-refractivity contribution in [2.24, 2.45) is 0 Å². The predicted octanol–water partition coefficient (Wildman–Crippen LogP) is 2.66. The molecule has 0 spiro atoms. The number of aromatic carboxylic acids is 1. The van der Waals surface area contributed by atoms with Crippen LogP contribution in [0.4, 0.5) is 5.69 Å². The van der Waals surface area contributed by atoms with Crippen molar-refractivity contribution in [3.63, 3.8) is 0 Å². The minimum Gasteiger partial charge on any atom is -0.501 e. The van der Waals surface area contributed by atoms with Crippen molar-refractivity contribution in [1.29, 1.82) is 0 Å². The zero-order chi connectivity index (χ0) is 15.0. The van der Waals surface area contributed by atoms with Gasteiger partial charge in [-0.25, -0.2) is 4.79 Å². The minimum absolute atomic E-state index is 0.0376. The molecule has 1 aliphatic heterocycles. The standard InChI is InChI=1S/C15H13NO4S/c1-20-9-5-12(17)10-7-16-11-4-8(15(18)19)2-3-13(11)21-14(10)6-9/h2-4,6,16H,5,7H2,1H3,(H,18,19). The monoisotopic (exact) mass is 303 g/mol. The summed E-state index contributed by atoms with van der Waals surface area (Å²) in [6.45, 7) is 0.394. The van der Waals surface area contributed by atoms with Gasteiger partial charge in [0, 0.05) is 27.6 Å². The molecule has 6 heteroatoms. The fourth-order valence-electron chi connectivity index (χ4n) is 2.29. The summed E-state index contributed by atoms with van der Waals surface area (Å²) in [7, 11) is 1.55. The number of benzene rings is 1. The smallest absolute Gasteiger partial charge is 0.335 e. The van der Waals surface area contributed by atoms with Crippen LogP contribution in [0.3, 0.4) is 0 Å². The highest BCUT2D eigenvalue weighted by Crippen LogP contribution is 2.41. The molecule has 0 saturated carbocycles. The first kappa shape index (κ1) is 13.8. The van der Waals surface area contributed by atoms with Crippen molar-refractivity contribution >= 4 is 29.2 Å². The number of thioether (sulfide) groups is 1. The second-order valence-electron chi connectivity index (χ2n) is 4.73. The van der Waals surface area contributed by atoms with Crippen molar-refractivity contribution in [3.8, 4) is 0 Å². The average molecular weight is 303 g/mol. The van der Waals surface area contributed by atoms with Crippen LogP contribution >= 0.6 is 11.8 Å². The van der Waals surface area contributed by atoms with E-state index in [1.54, 1.807) is 25.3 Å². The second-order valence-corrected chi connectivity index (χ2v) is 5.81. The maximum absolute atomic E-state index is 12.2. The molecular weight excluding hydrogens is 290 g/mol. The third-order valence-corrected chi connectivity index (χ3v) is 4.59. The van der Waals surface area contributed by atoms with Crippen LogP contribution in [-0.4, -0.2) is 30.5 Å². The first-order chi connectivity index (χ1) is 10.1. The summed E-state index contributed by atoms with van der Waals surface area (Å²) in [4.78, 5) is 24.9. The fraction of sp³-hybridized carbons (Fsp3) is 0.200. The Balaban J connectivity index is 2.00. The van der Waals surface area contributed by atoms with Gasteiger partial charge < -0.3 is 15.2 Å². The summed E-state index contributed by atoms with van der Waals surface area (Å²) in [6, 6.07) is 4.91. The van der Waals surface area contributed by atoms with E-state index in [-0.39, 0.29) is 17.8 Å². The Labute approximate surface area is 125 Å². The highest BCUT2D eigenvalue weighted by atomic mass is 32.2. The number of fused-ring (bicyclic) bond motifs is 1. The molecule has 0 aromatic heterocycles. The highest BCUT2D eigenvalue weighted by Gasteiger charge is 2.25. The van der Waals surface area contributed by atoms with Crippen LogP contribution in [0.1, 0.15) is 16.8 Å². The number of hydrogen-bond donors (Lipinski definition) is 2. The lowest BCUT2D eigenvalue weighted by molar-refractivity contribution is -0.115. The van der Waals surface area contributed by atoms with Crippen LogP contribution in [0.25, 0.3) is 0 Å². The van der Waals surface area contributed by atoms with Gasteiger partial charge >= 0.3 is 5.97 Å². The molecule has 0 saturated heterocycles. The van der Waals surface area contributed by atoms with Crippen molar-refractivity contribution < 1.29 is 19.4 Å². The Morgan fingerprint density at radius 3 is 2.95 bits per heavy atom. The number of allylic oxidation sites excluding steroid dienone is 2. The number of carboxylic acids is 1. The number of ether oxygens (including phenoxy) is 1. The lowest BCUT2D eigenvalue weighted by Gasteiger charge is -2.16. The van der Waals surface area contributed by atoms with Gasteiger partial charge in [-0.05, 0) is 24.3 Å². The Morgan fingerprint density at radius 1 is 1.43 bits per heavy atom. The number of ketones is 1. The van der Waals surface area contributed by atoms with Crippen LogP contribution in [0.5, 0.6) is 0 Å². The quantitative estimate of drug-likeness (QED) is 0.875. The SMILES string of the molecule is COC1=CC2=C(CNc3cc(C(=O)O)ccc3S2)C(=O)C1. The van der Waals surface area contributed by atoms with Crippen LogP contribution in [-0.2, 0) is 9.53 Å². The summed E-state index contributed by atoms with van der Waals surface area (Å²) in [6.07, 6.45) is 2.15. The van der Waals surface area contributed by atoms with Gasteiger partial charge in [0.2, 0.25) is 0 Å². The molecule has 1 aromatic rings. The van der Waals surface area contributed by atoms with E-state index in [0.717, 1.165) is 15.5 Å². The van der Waals surface area contributed by atoms with Gasteiger partial charge in [0.1, 0.15) is 5.76 Å². The molecule has 1 aliphatic carbocycles. The molecule has 2 aliphatic rings. The third kappa shape index (κ3) is 2.54. The molecule has 2 N–H and O–H groups in total. The largest absolute Gasteiger partial charge is 0.501 e. The van der Waals surface area contributed by atoms with Crippen LogP contribution < -0.4 is 5.32 Å². The molecule has 0 radical (unpaired) electrons. The van der Waals surface area contributed by atoms with E-state index in [4.69, 9.17) is 9.84 Å². The summed E-state index contributed by atoms with van der Waals surface area (Å²) >= 11 is 1.45. The number of nitrogens with one attached hydrogen (secondary N) is 1. The molecule has 5 nitrogen and oxygen atoms in total. The summed E-state index contributed by atoms with van der Waals surface area (Å²) in [5, 5.41) is 12.2. The summed E-state index contributed by atoms with van der Waals surface area (Å²) in [5.41, 5.74) is 1.67. The van der Waals surface area contributed by atoms with E-state index in [1.165, 1.54) is 11.8 Å². The zero-order valence-corrected chi connectivity index (χ0v) is 12.1. The number of hydrogen-bond acceptors (Lipinski definition) is 5. The Bertz CT molecular complexity index is 706. The van der Waals surface area contributed by atoms with Crippen molar-refractivity contribution in [1.82, 2.24) is 0 Å². The Kier molecular flexibility index (Phi) is 3.47. The molecule has 0 bridgehead atoms. The Hall–Kier alpha value is -2.21. The molecular formula is C15H13NO4S. The molecule has 3 rings (SSSR count). The fourth-order valence-corrected chi connectivity index (χ4v) is 3.40. The number of carbonyl (C=O) groups excluding carboxylic acids is 1. The molecule has 21 heavy (non-hydrogen) atoms. The van der Waals surface area contributed by atoms with Crippen molar-refractivity contribution in [2.75, 3.05) is 19.0 Å². The maximum Gasteiger partial charge on any atom is 0.335 e. The van der Waals surface area contributed by atoms with Crippen LogP contribution in [0.15, 0.2) is 45.4 Å². The predicted molar refractivity (Wildman–Crippen MR) is 79.5 cm³/mol. The van der Waals surface area contributed by atoms with E-state index in [1.807, 2.05) is 6.08 Å². The first-order valence-electron chi connectivity index (χ1n) is 6.38. The first-order valence-corrected chi connectivity index (χ1v) is 7.20. The Morgan fingerprint density at radius 2 is 2.24 bits per heavy atom. The summed E-state index contributed by atoms with van der Waals surface area (Å²) < 4.78 is 5.18. The molecule has 0 unspecified atom stereocenters. The van der Waals surface area contributed by atoms with Crippen molar-refractivity contribution in [2.45, 2.75) is 11.3 Å². The zero-order valence-electron chi connectivity index (χ0n) is 11.3. The number of carboxylic acid groups (broad SMARTS) is 1. The van der Waals surface area contributed by atoms with Gasteiger partial charge in [-0.15, -0.1) is 0 Å². The van der Waals surface area contributed by atoms with E-state index in [9.17, 15) is 9.59 Å². The average Bonchev–Trinajstić information content (AvgIpc) is 2.65. The van der Waals surface area contributed by atoms with E-state index < -0.39 is 5.97 Å². The molecule has 1 aromatic carbocycles. The molecule has 108 valence electrons. The molecule has 0 atom stereocenters. The van der Waals surface area contributed by atoms with Gasteiger partial charge in [0.05, 0.1) is 19.1 Å². The summed E-state index contributed by atoms with van der Waals surface area (Å²) in [5.74, 6) is -0.281. The number of anilines is 1. The van der Waals surface area contributed by atoms with Gasteiger partial charge in [-0.2, -0.15) is 0 Å². The number of carbonyl (C=O) groups is 2. The minimum atomic E-state index is -0.968. The van der Waals surface area contributed by atoms with Crippen LogP contribution in [0.2, 0.25) is 0 Å². The van der Waals surface area contributed by atoms with Gasteiger partial charge in [-0.1, -0.05) is 11.8 Å². The molecule has 0 fully saturated rings. The lowest BCUT2D eigenvalue weighted by atomic mass is 10.0. The normalized spacial score (nSPS) is 17.2. The highest BCUT2D eigenvalue weighted by molar-refractivity contribution is 8.03. The maximum atomic E-state index is 12.2. The van der Waals surface area contributed by atoms with E-state index in [0.29, 0.717) is 17.9 Å². The lowest BCUT2D eigenvalue weighted by Crippen LogP contribution is -2.17. The number of rotatable bonds is 2. The molecule has 0 amide bonds. The van der Waals surface area contributed by atoms with Gasteiger partial charge in [0.25, 0.3) is 0 Å². The second kappa shape index (κ2) is 5.29. The number of methoxy groups -OCH3 is 1. The van der Waals surface area contributed by atoms with Crippen LogP contribution in [0, 0.1) is 0 Å². The van der Waals surface area contributed by atoms with Crippen molar-refractivity contribution in [3.05, 3.63) is 46.1 Å². The molecule has 1 heterocycles. The van der Waals surface area contributed by atoms with E-state index in [2.05, 4.69) is 5.32 Å². The van der Waals surface area contributed by atoms with Gasteiger partial charge in [0.15, 0.2) is 5.78 Å².